The van der Waals surface area contributed by atoms with Crippen LogP contribution in [0, 0.1) is 0 Å². The van der Waals surface area contributed by atoms with Gasteiger partial charge in [0.2, 0.25) is 5.91 Å². The number of carboxylic acids is 1. The third kappa shape index (κ3) is 3.50. The fourth-order valence-electron chi connectivity index (χ4n) is 1.81. The zero-order chi connectivity index (χ0) is 14.5. The Kier molecular flexibility index (Phi) is 4.24. The lowest BCUT2D eigenvalue weighted by Crippen LogP contribution is -2.27. The second-order valence-electron chi connectivity index (χ2n) is 4.49. The van der Waals surface area contributed by atoms with Crippen molar-refractivity contribution in [1.82, 2.24) is 14.9 Å². The second kappa shape index (κ2) is 6.10. The van der Waals surface area contributed by atoms with Gasteiger partial charge in [0.1, 0.15) is 0 Å². The first-order valence-electron chi connectivity index (χ1n) is 6.22. The molecule has 0 bridgehead atoms. The summed E-state index contributed by atoms with van der Waals surface area (Å²) in [5, 5.41) is 8.56. The van der Waals surface area contributed by atoms with Gasteiger partial charge in [-0.2, -0.15) is 0 Å². The van der Waals surface area contributed by atoms with Crippen LogP contribution in [0.25, 0.3) is 11.0 Å². The molecule has 0 spiro atoms. The van der Waals surface area contributed by atoms with Crippen LogP contribution in [0.5, 0.6) is 0 Å². The van der Waals surface area contributed by atoms with Crippen molar-refractivity contribution < 1.29 is 14.7 Å². The van der Waals surface area contributed by atoms with Gasteiger partial charge < -0.3 is 10.0 Å². The maximum absolute atomic E-state index is 11.7. The standard InChI is InChI=1S/C14H15N3O3/c1-17(13(18)6-7-14(19)20)9-10-8-15-11-4-2-3-5-12(11)16-10/h2-5,8H,6-7,9H2,1H3,(H,19,20). The van der Waals surface area contributed by atoms with E-state index in [0.29, 0.717) is 12.2 Å². The third-order valence-corrected chi connectivity index (χ3v) is 2.88. The van der Waals surface area contributed by atoms with Gasteiger partial charge in [-0.1, -0.05) is 12.1 Å². The molecule has 6 heteroatoms. The van der Waals surface area contributed by atoms with E-state index in [1.54, 1.807) is 13.2 Å². The number of rotatable bonds is 5. The number of carboxylic acid groups (broad SMARTS) is 1. The largest absolute Gasteiger partial charge is 0.481 e. The molecule has 1 N–H and O–H groups in total. The van der Waals surface area contributed by atoms with Crippen molar-refractivity contribution in [2.45, 2.75) is 19.4 Å². The van der Waals surface area contributed by atoms with Gasteiger partial charge in [-0.15, -0.1) is 0 Å². The lowest BCUT2D eigenvalue weighted by molar-refractivity contribution is -0.140. The minimum absolute atomic E-state index is 0.00710. The predicted molar refractivity (Wildman–Crippen MR) is 72.9 cm³/mol. The van der Waals surface area contributed by atoms with E-state index in [1.165, 1.54) is 4.90 Å². The molecule has 0 fully saturated rings. The number of amides is 1. The van der Waals surface area contributed by atoms with E-state index in [1.807, 2.05) is 24.3 Å². The molecule has 20 heavy (non-hydrogen) atoms. The average molecular weight is 273 g/mol. The van der Waals surface area contributed by atoms with Crippen molar-refractivity contribution in [3.05, 3.63) is 36.2 Å². The Morgan fingerprint density at radius 3 is 2.60 bits per heavy atom. The number of nitrogens with zero attached hydrogens (tertiary/aromatic N) is 3. The minimum atomic E-state index is -0.975. The highest BCUT2D eigenvalue weighted by Crippen LogP contribution is 2.10. The van der Waals surface area contributed by atoms with E-state index in [9.17, 15) is 9.59 Å². The average Bonchev–Trinajstić information content (AvgIpc) is 2.44. The van der Waals surface area contributed by atoms with Gasteiger partial charge in [-0.25, -0.2) is 4.98 Å². The zero-order valence-corrected chi connectivity index (χ0v) is 11.1. The van der Waals surface area contributed by atoms with Crippen molar-refractivity contribution in [1.29, 1.82) is 0 Å². The number of hydrogen-bond donors (Lipinski definition) is 1. The van der Waals surface area contributed by atoms with Crippen molar-refractivity contribution in [3.63, 3.8) is 0 Å². The molecule has 1 aromatic carbocycles. The molecule has 0 unspecified atom stereocenters. The number of para-hydroxylation sites is 2. The molecule has 0 aliphatic carbocycles. The third-order valence-electron chi connectivity index (χ3n) is 2.88. The molecule has 1 amide bonds. The van der Waals surface area contributed by atoms with Gasteiger partial charge in [-0.05, 0) is 12.1 Å². The molecular formula is C14H15N3O3. The molecule has 104 valence electrons. The first-order chi connectivity index (χ1) is 9.56. The topological polar surface area (TPSA) is 83.4 Å². The molecule has 6 nitrogen and oxygen atoms in total. The van der Waals surface area contributed by atoms with Crippen molar-refractivity contribution in [2.75, 3.05) is 7.05 Å². The van der Waals surface area contributed by atoms with E-state index >= 15 is 0 Å². The first-order valence-corrected chi connectivity index (χ1v) is 6.22. The highest BCUT2D eigenvalue weighted by atomic mass is 16.4. The summed E-state index contributed by atoms with van der Waals surface area (Å²) < 4.78 is 0. The van der Waals surface area contributed by atoms with Gasteiger partial charge in [-0.3, -0.25) is 14.6 Å². The molecular weight excluding hydrogens is 258 g/mol. The molecule has 0 aliphatic rings. The van der Waals surface area contributed by atoms with Crippen LogP contribution in [0.4, 0.5) is 0 Å². The predicted octanol–water partition coefficient (Wildman–Crippen LogP) is 1.45. The molecule has 1 heterocycles. The summed E-state index contributed by atoms with van der Waals surface area (Å²) in [6, 6.07) is 7.49. The highest BCUT2D eigenvalue weighted by Gasteiger charge is 2.12. The molecule has 0 saturated heterocycles. The van der Waals surface area contributed by atoms with Crippen molar-refractivity contribution >= 4 is 22.9 Å². The first kappa shape index (κ1) is 13.9. The van der Waals surface area contributed by atoms with Crippen LogP contribution in [-0.2, 0) is 16.1 Å². The quantitative estimate of drug-likeness (QED) is 0.891. The van der Waals surface area contributed by atoms with Gasteiger partial charge in [0.05, 0.1) is 35.9 Å². The van der Waals surface area contributed by atoms with Crippen LogP contribution in [-0.4, -0.2) is 38.9 Å². The van der Waals surface area contributed by atoms with Crippen molar-refractivity contribution in [3.8, 4) is 0 Å². The van der Waals surface area contributed by atoms with E-state index in [0.717, 1.165) is 11.0 Å². The molecule has 2 aromatic rings. The Labute approximate surface area is 116 Å². The van der Waals surface area contributed by atoms with Crippen LogP contribution in [0.2, 0.25) is 0 Å². The fraction of sp³-hybridized carbons (Fsp3) is 0.286. The molecule has 1 aromatic heterocycles. The number of aromatic nitrogens is 2. The fourth-order valence-corrected chi connectivity index (χ4v) is 1.81. The van der Waals surface area contributed by atoms with Gasteiger partial charge in [0.15, 0.2) is 0 Å². The molecule has 0 atom stereocenters. The van der Waals surface area contributed by atoms with Gasteiger partial charge in [0.25, 0.3) is 0 Å². The summed E-state index contributed by atoms with van der Waals surface area (Å²) in [7, 11) is 1.63. The Balaban J connectivity index is 2.03. The summed E-state index contributed by atoms with van der Waals surface area (Å²) in [6.45, 7) is 0.316. The number of fused-ring (bicyclic) bond motifs is 1. The second-order valence-corrected chi connectivity index (χ2v) is 4.49. The van der Waals surface area contributed by atoms with Crippen molar-refractivity contribution in [2.24, 2.45) is 0 Å². The number of carbonyl (C=O) groups is 2. The van der Waals surface area contributed by atoms with Crippen LogP contribution in [0.1, 0.15) is 18.5 Å². The Hall–Kier alpha value is -2.50. The number of aliphatic carboxylic acids is 1. The van der Waals surface area contributed by atoms with E-state index in [-0.39, 0.29) is 18.7 Å². The molecule has 0 radical (unpaired) electrons. The van der Waals surface area contributed by atoms with E-state index in [2.05, 4.69) is 9.97 Å². The van der Waals surface area contributed by atoms with Crippen LogP contribution in [0.3, 0.4) is 0 Å². The molecule has 0 aliphatic heterocycles. The summed E-state index contributed by atoms with van der Waals surface area (Å²) in [6.07, 6.45) is 1.46. The normalized spacial score (nSPS) is 10.4. The lowest BCUT2D eigenvalue weighted by atomic mass is 10.2. The maximum Gasteiger partial charge on any atom is 0.303 e. The van der Waals surface area contributed by atoms with Crippen LogP contribution < -0.4 is 0 Å². The Morgan fingerprint density at radius 2 is 1.90 bits per heavy atom. The summed E-state index contributed by atoms with van der Waals surface area (Å²) in [5.41, 5.74) is 2.25. The number of hydrogen-bond acceptors (Lipinski definition) is 4. The van der Waals surface area contributed by atoms with E-state index < -0.39 is 5.97 Å². The smallest absolute Gasteiger partial charge is 0.303 e. The van der Waals surface area contributed by atoms with Gasteiger partial charge >= 0.3 is 5.97 Å². The Morgan fingerprint density at radius 1 is 1.20 bits per heavy atom. The Bertz CT molecular complexity index is 642. The number of benzene rings is 1. The maximum atomic E-state index is 11.7. The van der Waals surface area contributed by atoms with E-state index in [4.69, 9.17) is 5.11 Å². The monoisotopic (exact) mass is 273 g/mol. The summed E-state index contributed by atoms with van der Waals surface area (Å²) in [5.74, 6) is -1.19. The van der Waals surface area contributed by atoms with Crippen LogP contribution in [0.15, 0.2) is 30.5 Å². The molecule has 0 saturated carbocycles. The summed E-state index contributed by atoms with van der Waals surface area (Å²) >= 11 is 0. The minimum Gasteiger partial charge on any atom is -0.481 e. The number of carbonyl (C=O) groups excluding carboxylic acids is 1. The summed E-state index contributed by atoms with van der Waals surface area (Å²) in [4.78, 5) is 32.3. The zero-order valence-electron chi connectivity index (χ0n) is 11.1. The van der Waals surface area contributed by atoms with Crippen LogP contribution >= 0.6 is 0 Å². The van der Waals surface area contributed by atoms with Gasteiger partial charge in [0, 0.05) is 13.5 Å². The molecule has 2 rings (SSSR count). The SMILES string of the molecule is CN(Cc1cnc2ccccc2n1)C(=O)CCC(=O)O. The lowest BCUT2D eigenvalue weighted by Gasteiger charge is -2.16. The highest BCUT2D eigenvalue weighted by molar-refractivity contribution is 5.80.